The van der Waals surface area contributed by atoms with Gasteiger partial charge in [0.2, 0.25) is 11.8 Å². The number of allylic oxidation sites excluding steroid dienone is 1. The van der Waals surface area contributed by atoms with Gasteiger partial charge in [0.1, 0.15) is 19.3 Å². The predicted octanol–water partition coefficient (Wildman–Crippen LogP) is 1.20. The van der Waals surface area contributed by atoms with Gasteiger partial charge in [0.05, 0.1) is 31.3 Å². The molecule has 0 saturated heterocycles. The summed E-state index contributed by atoms with van der Waals surface area (Å²) in [5.41, 5.74) is -0.0926. The van der Waals surface area contributed by atoms with Crippen molar-refractivity contribution in [1.29, 1.82) is 0 Å². The minimum absolute atomic E-state index is 0.0421. The molecule has 1 heterocycles. The SMILES string of the molecule is CC1(C)COC(=O)[C@H](NC(=O)OCc2ccccc2)CC=CC[C@H](CC(=O)NCCOCCO)C(=O)N1. The molecule has 0 bridgehead atoms. The molecule has 0 saturated carbocycles. The van der Waals surface area contributed by atoms with Crippen LogP contribution in [0, 0.1) is 5.92 Å². The molecule has 1 aliphatic heterocycles. The smallest absolute Gasteiger partial charge is 0.408 e. The fourth-order valence-electron chi connectivity index (χ4n) is 3.45. The molecule has 0 unspecified atom stereocenters. The van der Waals surface area contributed by atoms with Crippen molar-refractivity contribution in [2.45, 2.75) is 51.3 Å². The number of benzene rings is 1. The van der Waals surface area contributed by atoms with Gasteiger partial charge < -0.3 is 35.3 Å². The average molecular weight is 520 g/mol. The highest BCUT2D eigenvalue weighted by Gasteiger charge is 2.30. The van der Waals surface area contributed by atoms with Crippen molar-refractivity contribution in [2.24, 2.45) is 5.92 Å². The van der Waals surface area contributed by atoms with E-state index >= 15 is 0 Å². The van der Waals surface area contributed by atoms with Crippen LogP contribution in [0.5, 0.6) is 0 Å². The molecule has 2 atom stereocenters. The highest BCUT2D eigenvalue weighted by molar-refractivity contribution is 5.86. The molecule has 1 aromatic rings. The van der Waals surface area contributed by atoms with Gasteiger partial charge in [-0.3, -0.25) is 9.59 Å². The third kappa shape index (κ3) is 11.9. The second-order valence-corrected chi connectivity index (χ2v) is 9.27. The second kappa shape index (κ2) is 15.6. The number of amides is 3. The average Bonchev–Trinajstić information content (AvgIpc) is 2.86. The fraction of sp³-hybridized carbons (Fsp3) is 0.538. The Morgan fingerprint density at radius 3 is 2.59 bits per heavy atom. The second-order valence-electron chi connectivity index (χ2n) is 9.27. The Labute approximate surface area is 216 Å². The van der Waals surface area contributed by atoms with E-state index < -0.39 is 29.6 Å². The molecule has 37 heavy (non-hydrogen) atoms. The van der Waals surface area contributed by atoms with Crippen LogP contribution < -0.4 is 16.0 Å². The monoisotopic (exact) mass is 519 g/mol. The van der Waals surface area contributed by atoms with Crippen LogP contribution in [-0.4, -0.2) is 73.5 Å². The van der Waals surface area contributed by atoms with Crippen LogP contribution in [0.3, 0.4) is 0 Å². The first kappa shape index (κ1) is 29.8. The van der Waals surface area contributed by atoms with E-state index in [9.17, 15) is 19.2 Å². The van der Waals surface area contributed by atoms with E-state index in [4.69, 9.17) is 19.3 Å². The van der Waals surface area contributed by atoms with Crippen LogP contribution in [0.25, 0.3) is 0 Å². The molecule has 11 nitrogen and oxygen atoms in total. The van der Waals surface area contributed by atoms with Crippen LogP contribution in [0.4, 0.5) is 4.79 Å². The maximum Gasteiger partial charge on any atom is 0.408 e. The first-order chi connectivity index (χ1) is 17.7. The van der Waals surface area contributed by atoms with Crippen molar-refractivity contribution in [3.05, 3.63) is 48.0 Å². The van der Waals surface area contributed by atoms with Gasteiger partial charge >= 0.3 is 12.1 Å². The molecule has 1 aliphatic rings. The van der Waals surface area contributed by atoms with Gasteiger partial charge in [-0.1, -0.05) is 42.5 Å². The molecule has 0 spiro atoms. The summed E-state index contributed by atoms with van der Waals surface area (Å²) in [6, 6.07) is 8.17. The zero-order chi connectivity index (χ0) is 27.1. The largest absolute Gasteiger partial charge is 0.462 e. The standard InChI is InChI=1S/C26H37N3O8/c1-26(2)18-37-24(33)21(28-25(34)36-17-19-8-4-3-5-9-19)11-7-6-10-20(23(32)29-26)16-22(31)27-12-14-35-15-13-30/h3-9,20-21,30H,10-18H2,1-2H3,(H,27,31)(H,28,34)(H,29,32)/t20-,21-/m1/s1. The Hall–Kier alpha value is -3.44. The van der Waals surface area contributed by atoms with Gasteiger partial charge in [-0.15, -0.1) is 0 Å². The zero-order valence-corrected chi connectivity index (χ0v) is 21.4. The van der Waals surface area contributed by atoms with E-state index in [-0.39, 0.29) is 70.7 Å². The summed E-state index contributed by atoms with van der Waals surface area (Å²) in [5.74, 6) is -1.94. The van der Waals surface area contributed by atoms with Crippen molar-refractivity contribution in [3.63, 3.8) is 0 Å². The zero-order valence-electron chi connectivity index (χ0n) is 21.4. The van der Waals surface area contributed by atoms with Gasteiger partial charge in [0.15, 0.2) is 0 Å². The summed E-state index contributed by atoms with van der Waals surface area (Å²) in [4.78, 5) is 50.2. The number of hydrogen-bond acceptors (Lipinski definition) is 8. The Bertz CT molecular complexity index is 920. The lowest BCUT2D eigenvalue weighted by Gasteiger charge is -2.29. The summed E-state index contributed by atoms with van der Waals surface area (Å²) in [7, 11) is 0. The fourth-order valence-corrected chi connectivity index (χ4v) is 3.45. The highest BCUT2D eigenvalue weighted by atomic mass is 16.6. The highest BCUT2D eigenvalue weighted by Crippen LogP contribution is 2.15. The van der Waals surface area contributed by atoms with Gasteiger partial charge in [-0.2, -0.15) is 0 Å². The molecule has 0 fully saturated rings. The Morgan fingerprint density at radius 1 is 1.14 bits per heavy atom. The summed E-state index contributed by atoms with van der Waals surface area (Å²) in [5, 5.41) is 16.8. The number of cyclic esters (lactones) is 1. The maximum atomic E-state index is 12.9. The maximum absolute atomic E-state index is 12.9. The third-order valence-electron chi connectivity index (χ3n) is 5.39. The molecule has 11 heteroatoms. The summed E-state index contributed by atoms with van der Waals surface area (Å²) >= 11 is 0. The van der Waals surface area contributed by atoms with Crippen molar-refractivity contribution in [2.75, 3.05) is 33.0 Å². The minimum Gasteiger partial charge on any atom is -0.462 e. The molecule has 2 rings (SSSR count). The van der Waals surface area contributed by atoms with Crippen molar-refractivity contribution in [3.8, 4) is 0 Å². The lowest BCUT2D eigenvalue weighted by Crippen LogP contribution is -2.51. The lowest BCUT2D eigenvalue weighted by molar-refractivity contribution is -0.149. The van der Waals surface area contributed by atoms with E-state index in [0.717, 1.165) is 5.56 Å². The van der Waals surface area contributed by atoms with E-state index in [2.05, 4.69) is 16.0 Å². The van der Waals surface area contributed by atoms with E-state index in [1.165, 1.54) is 0 Å². The van der Waals surface area contributed by atoms with Gasteiger partial charge in [-0.25, -0.2) is 9.59 Å². The quantitative estimate of drug-likeness (QED) is 0.204. The normalized spacial score (nSPS) is 20.0. The molecule has 4 N–H and O–H groups in total. The number of rotatable bonds is 10. The molecule has 0 radical (unpaired) electrons. The number of carbonyl (C=O) groups excluding carboxylic acids is 4. The van der Waals surface area contributed by atoms with Crippen LogP contribution in [0.1, 0.15) is 38.7 Å². The van der Waals surface area contributed by atoms with Crippen LogP contribution in [0.2, 0.25) is 0 Å². The van der Waals surface area contributed by atoms with Crippen molar-refractivity contribution in [1.82, 2.24) is 16.0 Å². The molecule has 0 aliphatic carbocycles. The number of alkyl carbamates (subject to hydrolysis) is 1. The van der Waals surface area contributed by atoms with E-state index in [1.54, 1.807) is 26.0 Å². The number of carbonyl (C=O) groups is 4. The number of esters is 1. The van der Waals surface area contributed by atoms with Crippen LogP contribution in [-0.2, 0) is 35.2 Å². The summed E-state index contributed by atoms with van der Waals surface area (Å²) in [6.45, 7) is 3.94. The van der Waals surface area contributed by atoms with E-state index in [0.29, 0.717) is 0 Å². The Balaban J connectivity index is 1.98. The number of aliphatic hydroxyl groups is 1. The number of nitrogens with one attached hydrogen (secondary N) is 3. The Kier molecular flexibility index (Phi) is 12.6. The Morgan fingerprint density at radius 2 is 1.86 bits per heavy atom. The molecule has 204 valence electrons. The van der Waals surface area contributed by atoms with Gasteiger partial charge in [0.25, 0.3) is 0 Å². The molecule has 1 aromatic carbocycles. The predicted molar refractivity (Wildman–Crippen MR) is 134 cm³/mol. The summed E-state index contributed by atoms with van der Waals surface area (Å²) < 4.78 is 15.7. The topological polar surface area (TPSA) is 152 Å². The third-order valence-corrected chi connectivity index (χ3v) is 5.39. The van der Waals surface area contributed by atoms with E-state index in [1.807, 2.05) is 30.3 Å². The van der Waals surface area contributed by atoms with Crippen molar-refractivity contribution < 1.29 is 38.5 Å². The molecular weight excluding hydrogens is 482 g/mol. The lowest BCUT2D eigenvalue weighted by atomic mass is 9.96. The molecule has 0 aromatic heterocycles. The summed E-state index contributed by atoms with van der Waals surface area (Å²) in [6.07, 6.45) is 2.96. The number of hydrogen-bond donors (Lipinski definition) is 4. The van der Waals surface area contributed by atoms with Crippen molar-refractivity contribution >= 4 is 23.9 Å². The first-order valence-electron chi connectivity index (χ1n) is 12.3. The number of ether oxygens (including phenoxy) is 3. The number of aliphatic hydroxyl groups excluding tert-OH is 1. The molecular formula is C26H37N3O8. The first-order valence-corrected chi connectivity index (χ1v) is 12.3. The molecule has 3 amide bonds. The minimum atomic E-state index is -0.980. The van der Waals surface area contributed by atoms with Crippen LogP contribution >= 0.6 is 0 Å². The van der Waals surface area contributed by atoms with Crippen LogP contribution in [0.15, 0.2) is 42.5 Å². The van der Waals surface area contributed by atoms with Gasteiger partial charge in [0, 0.05) is 13.0 Å². The van der Waals surface area contributed by atoms with Gasteiger partial charge in [-0.05, 0) is 32.3 Å².